The lowest BCUT2D eigenvalue weighted by Gasteiger charge is -2.12. The summed E-state index contributed by atoms with van der Waals surface area (Å²) in [6, 6.07) is 18.0. The molecule has 3 aromatic rings. The Morgan fingerprint density at radius 1 is 1.00 bits per heavy atom. The maximum atomic E-state index is 9.25. The first-order valence-electron chi connectivity index (χ1n) is 6.81. The van der Waals surface area contributed by atoms with Gasteiger partial charge in [0.1, 0.15) is 6.07 Å². The third kappa shape index (κ3) is 2.56. The van der Waals surface area contributed by atoms with Gasteiger partial charge in [0.25, 0.3) is 0 Å². The highest BCUT2D eigenvalue weighted by molar-refractivity contribution is 5.93. The summed E-state index contributed by atoms with van der Waals surface area (Å²) in [5.74, 6) is 0. The lowest BCUT2D eigenvalue weighted by Crippen LogP contribution is -1.97. The van der Waals surface area contributed by atoms with Gasteiger partial charge in [0.2, 0.25) is 0 Å². The number of fused-ring (bicyclic) bond motifs is 1. The highest BCUT2D eigenvalue weighted by Gasteiger charge is 2.07. The molecule has 1 heterocycles. The zero-order valence-corrected chi connectivity index (χ0v) is 12.0. The Labute approximate surface area is 123 Å². The summed E-state index contributed by atoms with van der Waals surface area (Å²) < 4.78 is 0. The Morgan fingerprint density at radius 3 is 2.62 bits per heavy atom. The van der Waals surface area contributed by atoms with Crippen molar-refractivity contribution >= 4 is 22.3 Å². The van der Waals surface area contributed by atoms with Crippen LogP contribution in [-0.4, -0.2) is 4.98 Å². The number of para-hydroxylation sites is 1. The molecule has 0 radical (unpaired) electrons. The van der Waals surface area contributed by atoms with Crippen molar-refractivity contribution in [1.82, 2.24) is 4.98 Å². The largest absolute Gasteiger partial charge is 0.354 e. The fraction of sp³-hybridized carbons (Fsp3) is 0.111. The second-order valence-electron chi connectivity index (χ2n) is 5.11. The molecule has 0 saturated heterocycles. The van der Waals surface area contributed by atoms with Crippen LogP contribution in [0.3, 0.4) is 0 Å². The van der Waals surface area contributed by atoms with Crippen LogP contribution in [0.25, 0.3) is 10.9 Å². The third-order valence-corrected chi connectivity index (χ3v) is 3.41. The lowest BCUT2D eigenvalue weighted by atomic mass is 10.1. The summed E-state index contributed by atoms with van der Waals surface area (Å²) in [6.07, 6.45) is 0. The molecule has 1 N–H and O–H groups in total. The van der Waals surface area contributed by atoms with Gasteiger partial charge in [-0.15, -0.1) is 0 Å². The van der Waals surface area contributed by atoms with E-state index in [1.807, 2.05) is 62.4 Å². The first kappa shape index (κ1) is 13.1. The van der Waals surface area contributed by atoms with Crippen LogP contribution in [0.1, 0.15) is 16.8 Å². The van der Waals surface area contributed by atoms with E-state index in [9.17, 15) is 5.26 Å². The minimum absolute atomic E-state index is 0.638. The van der Waals surface area contributed by atoms with Crippen LogP contribution in [0, 0.1) is 25.2 Å². The van der Waals surface area contributed by atoms with E-state index in [1.165, 1.54) is 0 Å². The first-order chi connectivity index (χ1) is 10.2. The summed E-state index contributed by atoms with van der Waals surface area (Å²) in [7, 11) is 0. The smallest absolute Gasteiger partial charge is 0.101 e. The molecular formula is C18H15N3. The van der Waals surface area contributed by atoms with Crippen molar-refractivity contribution in [2.75, 3.05) is 5.32 Å². The highest BCUT2D eigenvalue weighted by atomic mass is 14.9. The number of aryl methyl sites for hydroxylation is 2. The molecule has 3 rings (SSSR count). The van der Waals surface area contributed by atoms with Crippen molar-refractivity contribution in [3.05, 3.63) is 65.4 Å². The van der Waals surface area contributed by atoms with E-state index in [0.29, 0.717) is 5.56 Å². The average molecular weight is 273 g/mol. The molecule has 0 fully saturated rings. The Hall–Kier alpha value is -2.86. The van der Waals surface area contributed by atoms with Crippen LogP contribution >= 0.6 is 0 Å². The maximum Gasteiger partial charge on any atom is 0.101 e. The van der Waals surface area contributed by atoms with E-state index in [1.54, 1.807) is 0 Å². The predicted octanol–water partition coefficient (Wildman–Crippen LogP) is 4.47. The SMILES string of the molecule is Cc1ccc(C#N)c(Nc2cc(C)nc3ccccc23)c1. The minimum Gasteiger partial charge on any atom is -0.354 e. The van der Waals surface area contributed by atoms with Gasteiger partial charge in [-0.2, -0.15) is 5.26 Å². The fourth-order valence-corrected chi connectivity index (χ4v) is 2.42. The van der Waals surface area contributed by atoms with Crippen molar-refractivity contribution in [2.45, 2.75) is 13.8 Å². The average Bonchev–Trinajstić information content (AvgIpc) is 2.47. The van der Waals surface area contributed by atoms with E-state index < -0.39 is 0 Å². The molecule has 2 aromatic carbocycles. The second-order valence-corrected chi connectivity index (χ2v) is 5.11. The Balaban J connectivity index is 2.15. The van der Waals surface area contributed by atoms with Crippen molar-refractivity contribution in [2.24, 2.45) is 0 Å². The van der Waals surface area contributed by atoms with Gasteiger partial charge in [-0.3, -0.25) is 4.98 Å². The summed E-state index contributed by atoms with van der Waals surface area (Å²) in [5.41, 5.74) is 5.45. The van der Waals surface area contributed by atoms with E-state index >= 15 is 0 Å². The number of nitrogens with zero attached hydrogens (tertiary/aromatic N) is 2. The number of nitrogens with one attached hydrogen (secondary N) is 1. The van der Waals surface area contributed by atoms with E-state index in [4.69, 9.17) is 0 Å². The van der Waals surface area contributed by atoms with Crippen LogP contribution in [0.2, 0.25) is 0 Å². The monoisotopic (exact) mass is 273 g/mol. The molecule has 0 bridgehead atoms. The number of hydrogen-bond donors (Lipinski definition) is 1. The zero-order chi connectivity index (χ0) is 14.8. The maximum absolute atomic E-state index is 9.25. The van der Waals surface area contributed by atoms with Gasteiger partial charge in [0.05, 0.1) is 16.8 Å². The molecule has 0 atom stereocenters. The molecule has 0 aliphatic carbocycles. The van der Waals surface area contributed by atoms with Crippen LogP contribution < -0.4 is 5.32 Å². The molecule has 0 aliphatic rings. The molecule has 0 amide bonds. The normalized spacial score (nSPS) is 10.3. The number of anilines is 2. The summed E-state index contributed by atoms with van der Waals surface area (Å²) in [6.45, 7) is 3.99. The summed E-state index contributed by atoms with van der Waals surface area (Å²) in [5, 5.41) is 13.7. The highest BCUT2D eigenvalue weighted by Crippen LogP contribution is 2.28. The summed E-state index contributed by atoms with van der Waals surface area (Å²) >= 11 is 0. The van der Waals surface area contributed by atoms with Crippen molar-refractivity contribution in [1.29, 1.82) is 5.26 Å². The van der Waals surface area contributed by atoms with Gasteiger partial charge in [-0.1, -0.05) is 24.3 Å². The van der Waals surface area contributed by atoms with E-state index in [2.05, 4.69) is 16.4 Å². The van der Waals surface area contributed by atoms with Gasteiger partial charge >= 0.3 is 0 Å². The third-order valence-electron chi connectivity index (χ3n) is 3.41. The fourth-order valence-electron chi connectivity index (χ4n) is 2.42. The van der Waals surface area contributed by atoms with Crippen LogP contribution in [0.5, 0.6) is 0 Å². The van der Waals surface area contributed by atoms with Gasteiger partial charge < -0.3 is 5.32 Å². The molecule has 21 heavy (non-hydrogen) atoms. The molecule has 3 nitrogen and oxygen atoms in total. The number of pyridine rings is 1. The molecule has 0 spiro atoms. The number of aromatic nitrogens is 1. The molecule has 102 valence electrons. The number of hydrogen-bond acceptors (Lipinski definition) is 3. The van der Waals surface area contributed by atoms with Gasteiger partial charge in [-0.25, -0.2) is 0 Å². The summed E-state index contributed by atoms with van der Waals surface area (Å²) in [4.78, 5) is 4.53. The standard InChI is InChI=1S/C18H15N3/c1-12-7-8-14(11-19)17(9-12)21-18-10-13(2)20-16-6-4-3-5-15(16)18/h3-10H,1-2H3,(H,20,21). The Bertz CT molecular complexity index is 860. The van der Waals surface area contributed by atoms with Crippen LogP contribution in [-0.2, 0) is 0 Å². The Morgan fingerprint density at radius 2 is 1.81 bits per heavy atom. The molecule has 0 aliphatic heterocycles. The molecule has 0 saturated carbocycles. The van der Waals surface area contributed by atoms with Crippen molar-refractivity contribution in [3.63, 3.8) is 0 Å². The van der Waals surface area contributed by atoms with Crippen molar-refractivity contribution in [3.8, 4) is 6.07 Å². The molecular weight excluding hydrogens is 258 g/mol. The van der Waals surface area contributed by atoms with Crippen LogP contribution in [0.15, 0.2) is 48.5 Å². The molecule has 1 aromatic heterocycles. The van der Waals surface area contributed by atoms with Gasteiger partial charge in [-0.05, 0) is 43.7 Å². The topological polar surface area (TPSA) is 48.7 Å². The van der Waals surface area contributed by atoms with Crippen molar-refractivity contribution < 1.29 is 0 Å². The lowest BCUT2D eigenvalue weighted by molar-refractivity contribution is 1.25. The Kier molecular flexibility index (Phi) is 3.29. The number of benzene rings is 2. The van der Waals surface area contributed by atoms with E-state index in [-0.39, 0.29) is 0 Å². The predicted molar refractivity (Wildman–Crippen MR) is 85.7 cm³/mol. The second kappa shape index (κ2) is 5.26. The minimum atomic E-state index is 0.638. The van der Waals surface area contributed by atoms with Gasteiger partial charge in [0, 0.05) is 16.8 Å². The zero-order valence-electron chi connectivity index (χ0n) is 12.0. The molecule has 3 heteroatoms. The quantitative estimate of drug-likeness (QED) is 0.749. The van der Waals surface area contributed by atoms with E-state index in [0.717, 1.165) is 33.5 Å². The number of rotatable bonds is 2. The molecule has 0 unspecified atom stereocenters. The number of nitriles is 1. The van der Waals surface area contributed by atoms with Gasteiger partial charge in [0.15, 0.2) is 0 Å². The first-order valence-corrected chi connectivity index (χ1v) is 6.81. The van der Waals surface area contributed by atoms with Crippen LogP contribution in [0.4, 0.5) is 11.4 Å².